The minimum absolute atomic E-state index is 0.0512. The molecule has 5 heteroatoms. The van der Waals surface area contributed by atoms with E-state index >= 15 is 0 Å². The summed E-state index contributed by atoms with van der Waals surface area (Å²) in [5.41, 5.74) is 0.767. The molecule has 1 unspecified atom stereocenters. The third kappa shape index (κ3) is 3.98. The fourth-order valence-electron chi connectivity index (χ4n) is 1.53. The summed E-state index contributed by atoms with van der Waals surface area (Å²) in [7, 11) is 1.34. The number of ether oxygens (including phenoxy) is 1. The molecule has 0 saturated heterocycles. The van der Waals surface area contributed by atoms with Gasteiger partial charge in [-0.1, -0.05) is 24.6 Å². The molecule has 0 radical (unpaired) electrons. The van der Waals surface area contributed by atoms with E-state index in [4.69, 9.17) is 11.6 Å². The molecule has 94 valence electrons. The second kappa shape index (κ2) is 6.57. The first-order valence-corrected chi connectivity index (χ1v) is 5.71. The smallest absolute Gasteiger partial charge is 0.307 e. The van der Waals surface area contributed by atoms with Crippen LogP contribution in [0.3, 0.4) is 0 Å². The molecule has 0 spiro atoms. The van der Waals surface area contributed by atoms with Crippen molar-refractivity contribution in [3.63, 3.8) is 0 Å². The normalized spacial score (nSPS) is 12.2. The number of methoxy groups -OCH3 is 1. The Bertz CT molecular complexity index is 398. The highest BCUT2D eigenvalue weighted by Gasteiger charge is 2.16. The molecular weight excluding hydrogens is 245 g/mol. The Hall–Kier alpha value is -1.13. The van der Waals surface area contributed by atoms with Gasteiger partial charge in [-0.15, -0.1) is 0 Å². The highest BCUT2D eigenvalue weighted by Crippen LogP contribution is 2.23. The van der Waals surface area contributed by atoms with Crippen LogP contribution in [0.2, 0.25) is 5.02 Å². The Kier molecular flexibility index (Phi) is 5.38. The number of carbonyl (C=O) groups is 1. The number of carbonyl (C=O) groups excluding carboxylic acids is 1. The van der Waals surface area contributed by atoms with Crippen molar-refractivity contribution >= 4 is 17.6 Å². The minimum atomic E-state index is -0.469. The molecule has 0 amide bonds. The average Bonchev–Trinajstić information content (AvgIpc) is 2.32. The summed E-state index contributed by atoms with van der Waals surface area (Å²) in [6.45, 7) is 2.62. The first-order chi connectivity index (χ1) is 8.08. The van der Waals surface area contributed by atoms with E-state index in [-0.39, 0.29) is 23.5 Å². The maximum atomic E-state index is 13.0. The van der Waals surface area contributed by atoms with Crippen LogP contribution in [0.4, 0.5) is 4.39 Å². The Morgan fingerprint density at radius 3 is 2.82 bits per heavy atom. The van der Waals surface area contributed by atoms with Gasteiger partial charge in [0.1, 0.15) is 5.82 Å². The summed E-state index contributed by atoms with van der Waals surface area (Å²) >= 11 is 5.71. The summed E-state index contributed by atoms with van der Waals surface area (Å²) < 4.78 is 17.6. The van der Waals surface area contributed by atoms with Gasteiger partial charge in [-0.25, -0.2) is 4.39 Å². The number of esters is 1. The van der Waals surface area contributed by atoms with Gasteiger partial charge in [0, 0.05) is 6.04 Å². The van der Waals surface area contributed by atoms with Crippen molar-refractivity contribution in [1.29, 1.82) is 0 Å². The molecule has 0 aliphatic heterocycles. The van der Waals surface area contributed by atoms with Crippen LogP contribution in [0.25, 0.3) is 0 Å². The molecule has 0 heterocycles. The molecule has 3 nitrogen and oxygen atoms in total. The van der Waals surface area contributed by atoms with Gasteiger partial charge in [-0.3, -0.25) is 4.79 Å². The molecule has 0 fully saturated rings. The molecule has 0 saturated carbocycles. The van der Waals surface area contributed by atoms with Crippen molar-refractivity contribution in [3.05, 3.63) is 34.6 Å². The number of hydrogen-bond acceptors (Lipinski definition) is 3. The van der Waals surface area contributed by atoms with Crippen molar-refractivity contribution in [1.82, 2.24) is 5.32 Å². The van der Waals surface area contributed by atoms with E-state index in [9.17, 15) is 9.18 Å². The van der Waals surface area contributed by atoms with E-state index in [1.807, 2.05) is 6.92 Å². The van der Waals surface area contributed by atoms with Crippen LogP contribution < -0.4 is 5.32 Å². The lowest BCUT2D eigenvalue weighted by molar-refractivity contribution is -0.141. The van der Waals surface area contributed by atoms with Crippen LogP contribution in [-0.2, 0) is 9.53 Å². The standard InChI is InChI=1S/C12H15ClFNO2/c1-3-15-11(7-12(16)17-2)8-4-5-10(14)9(13)6-8/h4-6,11,15H,3,7H2,1-2H3. The van der Waals surface area contributed by atoms with Crippen LogP contribution in [-0.4, -0.2) is 19.6 Å². The minimum Gasteiger partial charge on any atom is -0.469 e. The molecule has 1 aromatic carbocycles. The zero-order valence-electron chi connectivity index (χ0n) is 9.80. The molecule has 1 N–H and O–H groups in total. The van der Waals surface area contributed by atoms with Gasteiger partial charge >= 0.3 is 5.97 Å². The molecule has 0 aromatic heterocycles. The number of rotatable bonds is 5. The second-order valence-electron chi connectivity index (χ2n) is 3.56. The topological polar surface area (TPSA) is 38.3 Å². The number of benzene rings is 1. The quantitative estimate of drug-likeness (QED) is 0.827. The highest BCUT2D eigenvalue weighted by atomic mass is 35.5. The van der Waals surface area contributed by atoms with Crippen molar-refractivity contribution in [3.8, 4) is 0 Å². The van der Waals surface area contributed by atoms with Gasteiger partial charge in [0.05, 0.1) is 18.6 Å². The van der Waals surface area contributed by atoms with Crippen LogP contribution >= 0.6 is 11.6 Å². The fraction of sp³-hybridized carbons (Fsp3) is 0.417. The van der Waals surface area contributed by atoms with Gasteiger partial charge in [-0.2, -0.15) is 0 Å². The fourth-order valence-corrected chi connectivity index (χ4v) is 1.72. The maximum Gasteiger partial charge on any atom is 0.307 e. The van der Waals surface area contributed by atoms with Crippen LogP contribution in [0.5, 0.6) is 0 Å². The Morgan fingerprint density at radius 2 is 2.29 bits per heavy atom. The average molecular weight is 260 g/mol. The molecule has 0 aliphatic carbocycles. The predicted octanol–water partition coefficient (Wildman–Crippen LogP) is 2.69. The van der Waals surface area contributed by atoms with E-state index in [2.05, 4.69) is 10.1 Å². The van der Waals surface area contributed by atoms with Crippen molar-refractivity contribution in [2.75, 3.05) is 13.7 Å². The third-order valence-electron chi connectivity index (χ3n) is 2.40. The SMILES string of the molecule is CCNC(CC(=O)OC)c1ccc(F)c(Cl)c1. The van der Waals surface area contributed by atoms with E-state index in [1.165, 1.54) is 19.2 Å². The van der Waals surface area contributed by atoms with E-state index in [0.29, 0.717) is 6.54 Å². The van der Waals surface area contributed by atoms with Gasteiger partial charge in [-0.05, 0) is 24.2 Å². The number of nitrogens with one attached hydrogen (secondary N) is 1. The first-order valence-electron chi connectivity index (χ1n) is 5.33. The molecule has 0 bridgehead atoms. The Balaban J connectivity index is 2.88. The summed E-state index contributed by atoms with van der Waals surface area (Å²) in [6.07, 6.45) is 0.187. The Labute approximate surface area is 105 Å². The van der Waals surface area contributed by atoms with Gasteiger partial charge in [0.25, 0.3) is 0 Å². The summed E-state index contributed by atoms with van der Waals surface area (Å²) in [4.78, 5) is 11.3. The lowest BCUT2D eigenvalue weighted by atomic mass is 10.0. The number of halogens is 2. The summed E-state index contributed by atoms with van der Waals surface area (Å²) in [5, 5.41) is 3.18. The molecular formula is C12H15ClFNO2. The first kappa shape index (κ1) is 13.9. The second-order valence-corrected chi connectivity index (χ2v) is 3.97. The highest BCUT2D eigenvalue weighted by molar-refractivity contribution is 6.30. The zero-order chi connectivity index (χ0) is 12.8. The molecule has 17 heavy (non-hydrogen) atoms. The monoisotopic (exact) mass is 259 g/mol. The molecule has 1 rings (SSSR count). The lowest BCUT2D eigenvalue weighted by Crippen LogP contribution is -2.24. The van der Waals surface area contributed by atoms with Gasteiger partial charge in [0.15, 0.2) is 0 Å². The van der Waals surface area contributed by atoms with Gasteiger partial charge < -0.3 is 10.1 Å². The van der Waals surface area contributed by atoms with E-state index in [0.717, 1.165) is 5.56 Å². The summed E-state index contributed by atoms with van der Waals surface area (Å²) in [6, 6.07) is 4.20. The predicted molar refractivity (Wildman–Crippen MR) is 64.5 cm³/mol. The Morgan fingerprint density at radius 1 is 1.59 bits per heavy atom. The summed E-state index contributed by atoms with van der Waals surface area (Å²) in [5.74, 6) is -0.792. The third-order valence-corrected chi connectivity index (χ3v) is 2.68. The zero-order valence-corrected chi connectivity index (χ0v) is 10.6. The van der Waals surface area contributed by atoms with Crippen LogP contribution in [0.15, 0.2) is 18.2 Å². The van der Waals surface area contributed by atoms with Crippen molar-refractivity contribution in [2.45, 2.75) is 19.4 Å². The molecule has 1 aromatic rings. The lowest BCUT2D eigenvalue weighted by Gasteiger charge is -2.17. The van der Waals surface area contributed by atoms with Gasteiger partial charge in [0.2, 0.25) is 0 Å². The van der Waals surface area contributed by atoms with Crippen LogP contribution in [0, 0.1) is 5.82 Å². The maximum absolute atomic E-state index is 13.0. The molecule has 0 aliphatic rings. The number of hydrogen-bond donors (Lipinski definition) is 1. The molecule has 1 atom stereocenters. The van der Waals surface area contributed by atoms with Crippen molar-refractivity contribution < 1.29 is 13.9 Å². The van der Waals surface area contributed by atoms with E-state index < -0.39 is 5.82 Å². The van der Waals surface area contributed by atoms with E-state index in [1.54, 1.807) is 6.07 Å². The van der Waals surface area contributed by atoms with Crippen LogP contribution in [0.1, 0.15) is 24.9 Å². The van der Waals surface area contributed by atoms with Crippen molar-refractivity contribution in [2.24, 2.45) is 0 Å². The largest absolute Gasteiger partial charge is 0.469 e.